The van der Waals surface area contributed by atoms with Crippen LogP contribution in [-0.2, 0) is 11.3 Å². The quantitative estimate of drug-likeness (QED) is 0.818. The first-order valence-electron chi connectivity index (χ1n) is 10.1. The van der Waals surface area contributed by atoms with Crippen LogP contribution in [0.2, 0.25) is 0 Å². The number of benzene rings is 1. The van der Waals surface area contributed by atoms with Gasteiger partial charge in [0, 0.05) is 37.3 Å². The number of likely N-dealkylation sites (tertiary alicyclic amines) is 1. The summed E-state index contributed by atoms with van der Waals surface area (Å²) in [5.74, 6) is 1.74. The molecule has 2 aliphatic rings. The summed E-state index contributed by atoms with van der Waals surface area (Å²) in [5.41, 5.74) is 3.38. The van der Waals surface area contributed by atoms with Gasteiger partial charge in [0.15, 0.2) is 6.61 Å². The Labute approximate surface area is 165 Å². The maximum absolute atomic E-state index is 12.9. The fraction of sp³-hybridized carbons (Fsp3) is 0.478. The number of aromatic nitrogens is 1. The number of pyridine rings is 1. The van der Waals surface area contributed by atoms with E-state index in [1.54, 1.807) is 6.07 Å². The number of piperidine rings is 1. The molecule has 5 heteroatoms. The Morgan fingerprint density at radius 3 is 2.79 bits per heavy atom. The van der Waals surface area contributed by atoms with Crippen molar-refractivity contribution < 1.29 is 9.53 Å². The summed E-state index contributed by atoms with van der Waals surface area (Å²) in [4.78, 5) is 26.9. The molecule has 2 unspecified atom stereocenters. The van der Waals surface area contributed by atoms with Crippen LogP contribution in [0, 0.1) is 12.8 Å². The molecule has 1 saturated heterocycles. The van der Waals surface area contributed by atoms with Crippen molar-refractivity contribution in [2.75, 3.05) is 19.7 Å². The number of fused-ring (bicyclic) bond motifs is 4. The number of amides is 1. The van der Waals surface area contributed by atoms with Gasteiger partial charge in [-0.2, -0.15) is 0 Å². The van der Waals surface area contributed by atoms with Crippen LogP contribution < -0.4 is 10.3 Å². The third-order valence-electron chi connectivity index (χ3n) is 5.97. The van der Waals surface area contributed by atoms with E-state index in [9.17, 15) is 9.59 Å². The van der Waals surface area contributed by atoms with Crippen molar-refractivity contribution >= 4 is 5.91 Å². The summed E-state index contributed by atoms with van der Waals surface area (Å²) < 4.78 is 7.85. The first kappa shape index (κ1) is 18.8. The number of hydrogen-bond donors (Lipinski definition) is 0. The molecule has 1 fully saturated rings. The summed E-state index contributed by atoms with van der Waals surface area (Å²) in [7, 11) is 0. The van der Waals surface area contributed by atoms with Gasteiger partial charge in [-0.3, -0.25) is 9.59 Å². The van der Waals surface area contributed by atoms with Crippen molar-refractivity contribution in [2.24, 2.45) is 5.92 Å². The molecule has 0 spiro atoms. The number of carbonyl (C=O) groups is 1. The Hall–Kier alpha value is -2.56. The van der Waals surface area contributed by atoms with Gasteiger partial charge in [-0.05, 0) is 48.4 Å². The predicted molar refractivity (Wildman–Crippen MR) is 109 cm³/mol. The van der Waals surface area contributed by atoms with Crippen molar-refractivity contribution in [2.45, 2.75) is 45.6 Å². The van der Waals surface area contributed by atoms with Gasteiger partial charge in [-0.1, -0.05) is 32.0 Å². The van der Waals surface area contributed by atoms with Gasteiger partial charge < -0.3 is 14.2 Å². The zero-order valence-electron chi connectivity index (χ0n) is 16.9. The number of rotatable bonds is 4. The summed E-state index contributed by atoms with van der Waals surface area (Å²) in [5, 5.41) is 0. The first-order chi connectivity index (χ1) is 13.4. The summed E-state index contributed by atoms with van der Waals surface area (Å²) in [6.07, 6.45) is 1.05. The molecule has 0 radical (unpaired) electrons. The van der Waals surface area contributed by atoms with E-state index < -0.39 is 0 Å². The average Bonchev–Trinajstić information content (AvgIpc) is 2.66. The van der Waals surface area contributed by atoms with Crippen molar-refractivity contribution in [1.82, 2.24) is 9.47 Å². The van der Waals surface area contributed by atoms with Crippen molar-refractivity contribution in [3.8, 4) is 5.75 Å². The first-order valence-corrected chi connectivity index (χ1v) is 10.1. The minimum absolute atomic E-state index is 0.0256. The Kier molecular flexibility index (Phi) is 5.00. The van der Waals surface area contributed by atoms with E-state index in [4.69, 9.17) is 4.74 Å². The highest BCUT2D eigenvalue weighted by Gasteiger charge is 2.36. The van der Waals surface area contributed by atoms with Gasteiger partial charge in [0.05, 0.1) is 0 Å². The third-order valence-corrected chi connectivity index (χ3v) is 5.97. The van der Waals surface area contributed by atoms with Crippen LogP contribution in [0.5, 0.6) is 5.75 Å². The number of nitrogens with zero attached hydrogens (tertiary/aromatic N) is 2. The molecule has 5 nitrogen and oxygen atoms in total. The van der Waals surface area contributed by atoms with Gasteiger partial charge in [-0.25, -0.2) is 0 Å². The normalized spacial score (nSPS) is 20.8. The van der Waals surface area contributed by atoms with E-state index >= 15 is 0 Å². The van der Waals surface area contributed by atoms with Gasteiger partial charge in [0.2, 0.25) is 0 Å². The minimum Gasteiger partial charge on any atom is -0.483 e. The highest BCUT2D eigenvalue weighted by Crippen LogP contribution is 2.35. The topological polar surface area (TPSA) is 51.5 Å². The number of ether oxygens (including phenoxy) is 1. The maximum Gasteiger partial charge on any atom is 0.260 e. The maximum atomic E-state index is 12.9. The predicted octanol–water partition coefficient (Wildman–Crippen LogP) is 3.30. The highest BCUT2D eigenvalue weighted by atomic mass is 16.5. The summed E-state index contributed by atoms with van der Waals surface area (Å²) >= 11 is 0. The molecule has 2 aromatic rings. The van der Waals surface area contributed by atoms with E-state index in [1.807, 2.05) is 34.6 Å². The van der Waals surface area contributed by atoms with Crippen LogP contribution in [0.4, 0.5) is 0 Å². The number of hydrogen-bond acceptors (Lipinski definition) is 3. The molecule has 2 atom stereocenters. The second kappa shape index (κ2) is 7.46. The fourth-order valence-corrected chi connectivity index (χ4v) is 4.57. The van der Waals surface area contributed by atoms with Crippen LogP contribution in [0.1, 0.15) is 48.9 Å². The van der Waals surface area contributed by atoms with Crippen LogP contribution in [0.15, 0.2) is 41.2 Å². The van der Waals surface area contributed by atoms with Crippen molar-refractivity contribution in [3.05, 3.63) is 63.6 Å². The fourth-order valence-electron chi connectivity index (χ4n) is 4.57. The molecule has 1 amide bonds. The number of aryl methyl sites for hydroxylation is 1. The second-order valence-corrected chi connectivity index (χ2v) is 8.48. The SMILES string of the molecule is Cc1ccc(C(C)C)c(OCC(=O)N2CC3CC(C2)c2cccc(=O)n2C3)c1. The molecule has 0 aliphatic carbocycles. The minimum atomic E-state index is 0.0256. The smallest absolute Gasteiger partial charge is 0.260 e. The molecule has 1 aromatic heterocycles. The van der Waals surface area contributed by atoms with Gasteiger partial charge in [-0.15, -0.1) is 0 Å². The molecule has 0 N–H and O–H groups in total. The Balaban J connectivity index is 1.46. The molecular weight excluding hydrogens is 352 g/mol. The molecule has 4 rings (SSSR count). The Bertz CT molecular complexity index is 947. The lowest BCUT2D eigenvalue weighted by atomic mass is 9.83. The molecule has 0 saturated carbocycles. The van der Waals surface area contributed by atoms with Crippen molar-refractivity contribution in [3.63, 3.8) is 0 Å². The standard InChI is InChI=1S/C23H28N2O3/c1-15(2)19-8-7-16(3)9-21(19)28-14-23(27)24-11-17-10-18(13-24)20-5-4-6-22(26)25(20)12-17/h4-9,15,17-18H,10-14H2,1-3H3. The van der Waals surface area contributed by atoms with E-state index in [0.29, 0.717) is 31.5 Å². The molecule has 28 heavy (non-hydrogen) atoms. The lowest BCUT2D eigenvalue weighted by Gasteiger charge is -2.42. The average molecular weight is 380 g/mol. The largest absolute Gasteiger partial charge is 0.483 e. The Morgan fingerprint density at radius 2 is 2.00 bits per heavy atom. The molecule has 2 aliphatic heterocycles. The molecule has 148 valence electrons. The van der Waals surface area contributed by atoms with Crippen LogP contribution >= 0.6 is 0 Å². The zero-order chi connectivity index (χ0) is 19.8. The highest BCUT2D eigenvalue weighted by molar-refractivity contribution is 5.78. The second-order valence-electron chi connectivity index (χ2n) is 8.48. The lowest BCUT2D eigenvalue weighted by Crippen LogP contribution is -2.50. The van der Waals surface area contributed by atoms with Crippen molar-refractivity contribution in [1.29, 1.82) is 0 Å². The lowest BCUT2D eigenvalue weighted by molar-refractivity contribution is -0.136. The van der Waals surface area contributed by atoms with Crippen LogP contribution in [-0.4, -0.2) is 35.1 Å². The van der Waals surface area contributed by atoms with Crippen LogP contribution in [0.25, 0.3) is 0 Å². The molecule has 3 heterocycles. The number of carbonyl (C=O) groups excluding carboxylic acids is 1. The molecular formula is C23H28N2O3. The van der Waals surface area contributed by atoms with Gasteiger partial charge in [0.25, 0.3) is 11.5 Å². The monoisotopic (exact) mass is 380 g/mol. The molecule has 2 bridgehead atoms. The third kappa shape index (κ3) is 3.58. The van der Waals surface area contributed by atoms with Gasteiger partial charge in [0.1, 0.15) is 5.75 Å². The van der Waals surface area contributed by atoms with E-state index in [-0.39, 0.29) is 24.0 Å². The Morgan fingerprint density at radius 1 is 1.18 bits per heavy atom. The van der Waals surface area contributed by atoms with E-state index in [0.717, 1.165) is 29.0 Å². The van der Waals surface area contributed by atoms with E-state index in [1.165, 1.54) is 0 Å². The van der Waals surface area contributed by atoms with Crippen LogP contribution in [0.3, 0.4) is 0 Å². The summed E-state index contributed by atoms with van der Waals surface area (Å²) in [6.45, 7) is 8.41. The van der Waals surface area contributed by atoms with E-state index in [2.05, 4.69) is 26.0 Å². The molecule has 1 aromatic carbocycles. The zero-order valence-corrected chi connectivity index (χ0v) is 16.9. The summed E-state index contributed by atoms with van der Waals surface area (Å²) in [6, 6.07) is 11.6. The van der Waals surface area contributed by atoms with Gasteiger partial charge >= 0.3 is 0 Å².